The molecule has 7 heteroatoms. The van der Waals surface area contributed by atoms with Crippen molar-refractivity contribution in [1.29, 1.82) is 0 Å². The van der Waals surface area contributed by atoms with Crippen LogP contribution in [0.5, 0.6) is 0 Å². The number of pyridine rings is 1. The lowest BCUT2D eigenvalue weighted by molar-refractivity contribution is -0.119. The van der Waals surface area contributed by atoms with Crippen molar-refractivity contribution in [2.24, 2.45) is 16.3 Å². The summed E-state index contributed by atoms with van der Waals surface area (Å²) in [4.78, 5) is 35.5. The summed E-state index contributed by atoms with van der Waals surface area (Å²) in [6.45, 7) is 5.90. The number of ketones is 1. The maximum atomic E-state index is 13.6. The molecule has 31 heavy (non-hydrogen) atoms. The minimum Gasteiger partial charge on any atom is -0.310 e. The molecule has 1 amide bonds. The molecule has 2 atom stereocenters. The first-order valence-electron chi connectivity index (χ1n) is 10.1. The molecule has 0 radical (unpaired) electrons. The van der Waals surface area contributed by atoms with Crippen molar-refractivity contribution < 1.29 is 14.0 Å². The van der Waals surface area contributed by atoms with E-state index in [0.29, 0.717) is 29.9 Å². The van der Waals surface area contributed by atoms with E-state index in [-0.39, 0.29) is 22.9 Å². The first-order valence-corrected chi connectivity index (χ1v) is 10.9. The Kier molecular flexibility index (Phi) is 5.64. The smallest absolute Gasteiger partial charge is 0.235 e. The van der Waals surface area contributed by atoms with Crippen LogP contribution < -0.4 is 5.32 Å². The van der Waals surface area contributed by atoms with Crippen LogP contribution in [0.3, 0.4) is 0 Å². The number of aromatic nitrogens is 1. The highest BCUT2D eigenvalue weighted by Crippen LogP contribution is 2.47. The largest absolute Gasteiger partial charge is 0.310 e. The molecule has 1 aromatic carbocycles. The van der Waals surface area contributed by atoms with Gasteiger partial charge in [-0.25, -0.2) is 9.37 Å². The fraction of sp³-hybridized carbons (Fsp3) is 0.333. The Labute approximate surface area is 189 Å². The number of amides is 1. The van der Waals surface area contributed by atoms with E-state index >= 15 is 0 Å². The van der Waals surface area contributed by atoms with Crippen LogP contribution in [0.25, 0.3) is 0 Å². The Morgan fingerprint density at radius 1 is 1.16 bits per heavy atom. The van der Waals surface area contributed by atoms with E-state index < -0.39 is 11.8 Å². The number of hydrogen-bond donors (Lipinski definition) is 1. The maximum absolute atomic E-state index is 13.6. The molecule has 1 N–H and O–H groups in total. The van der Waals surface area contributed by atoms with Crippen molar-refractivity contribution in [2.45, 2.75) is 39.5 Å². The SMILES string of the molecule is CC1=NC2=C(C(=O)CC(C)(C)C2)[C@H](c2ccc(F)cc2)C1C(=O)Nc1ccc(Br)cn1. The predicted octanol–water partition coefficient (Wildman–Crippen LogP) is 5.44. The molecule has 5 nitrogen and oxygen atoms in total. The lowest BCUT2D eigenvalue weighted by atomic mass is 9.66. The van der Waals surface area contributed by atoms with Crippen LogP contribution in [0.1, 0.15) is 45.1 Å². The zero-order chi connectivity index (χ0) is 22.3. The second-order valence-corrected chi connectivity index (χ2v) is 9.83. The van der Waals surface area contributed by atoms with Gasteiger partial charge in [-0.1, -0.05) is 26.0 Å². The third-order valence-electron chi connectivity index (χ3n) is 5.79. The van der Waals surface area contributed by atoms with Gasteiger partial charge in [0.05, 0.1) is 5.92 Å². The van der Waals surface area contributed by atoms with E-state index in [1.807, 2.05) is 20.8 Å². The number of anilines is 1. The van der Waals surface area contributed by atoms with Gasteiger partial charge in [-0.05, 0) is 64.5 Å². The number of allylic oxidation sites excluding steroid dienone is 2. The minimum atomic E-state index is -0.695. The molecule has 2 aromatic rings. The molecule has 1 aliphatic carbocycles. The average molecular weight is 484 g/mol. The predicted molar refractivity (Wildman–Crippen MR) is 121 cm³/mol. The summed E-state index contributed by atoms with van der Waals surface area (Å²) < 4.78 is 14.4. The molecule has 0 spiro atoms. The molecule has 4 rings (SSSR count). The van der Waals surface area contributed by atoms with E-state index in [2.05, 4.69) is 26.2 Å². The first-order chi connectivity index (χ1) is 14.6. The normalized spacial score (nSPS) is 22.6. The number of aliphatic imine (C=N–C) groups is 1. The summed E-state index contributed by atoms with van der Waals surface area (Å²) in [6.07, 6.45) is 2.65. The number of hydrogen-bond acceptors (Lipinski definition) is 4. The van der Waals surface area contributed by atoms with Crippen molar-refractivity contribution in [3.63, 3.8) is 0 Å². The van der Waals surface area contributed by atoms with Crippen LogP contribution >= 0.6 is 15.9 Å². The Bertz CT molecular complexity index is 1100. The van der Waals surface area contributed by atoms with Crippen LogP contribution in [0, 0.1) is 17.2 Å². The number of nitrogens with one attached hydrogen (secondary N) is 1. The molecule has 160 valence electrons. The van der Waals surface area contributed by atoms with Crippen LogP contribution in [0.4, 0.5) is 10.2 Å². The third kappa shape index (κ3) is 4.37. The van der Waals surface area contributed by atoms with Gasteiger partial charge in [-0.3, -0.25) is 14.6 Å². The fourth-order valence-corrected chi connectivity index (χ4v) is 4.70. The molecule has 0 saturated carbocycles. The van der Waals surface area contributed by atoms with E-state index in [1.54, 1.807) is 30.5 Å². The van der Waals surface area contributed by atoms with Crippen molar-refractivity contribution in [1.82, 2.24) is 4.98 Å². The summed E-state index contributed by atoms with van der Waals surface area (Å²) in [6, 6.07) is 9.50. The van der Waals surface area contributed by atoms with Gasteiger partial charge in [0, 0.05) is 40.0 Å². The summed E-state index contributed by atoms with van der Waals surface area (Å²) in [5.41, 5.74) is 2.47. The van der Waals surface area contributed by atoms with Gasteiger partial charge < -0.3 is 5.32 Å². The first kappa shape index (κ1) is 21.6. The summed E-state index contributed by atoms with van der Waals surface area (Å²) in [7, 11) is 0. The van der Waals surface area contributed by atoms with Gasteiger partial charge in [-0.2, -0.15) is 0 Å². The highest BCUT2D eigenvalue weighted by atomic mass is 79.9. The second-order valence-electron chi connectivity index (χ2n) is 8.91. The molecule has 0 fully saturated rings. The summed E-state index contributed by atoms with van der Waals surface area (Å²) >= 11 is 3.33. The number of carbonyl (C=O) groups is 2. The lowest BCUT2D eigenvalue weighted by Gasteiger charge is -2.39. The minimum absolute atomic E-state index is 0.00334. The third-order valence-corrected chi connectivity index (χ3v) is 6.26. The van der Waals surface area contributed by atoms with Crippen molar-refractivity contribution >= 4 is 39.1 Å². The zero-order valence-corrected chi connectivity index (χ0v) is 19.2. The molecule has 2 heterocycles. The van der Waals surface area contributed by atoms with Gasteiger partial charge in [0.25, 0.3) is 0 Å². The summed E-state index contributed by atoms with van der Waals surface area (Å²) in [5.74, 6) is -1.47. The van der Waals surface area contributed by atoms with Crippen molar-refractivity contribution in [3.05, 3.63) is 69.7 Å². The van der Waals surface area contributed by atoms with Crippen LogP contribution in [-0.2, 0) is 9.59 Å². The van der Waals surface area contributed by atoms with Gasteiger partial charge in [0.1, 0.15) is 11.6 Å². The van der Waals surface area contributed by atoms with E-state index in [1.165, 1.54) is 12.1 Å². The van der Waals surface area contributed by atoms with Crippen molar-refractivity contribution in [3.8, 4) is 0 Å². The molecule has 2 aliphatic rings. The van der Waals surface area contributed by atoms with E-state index in [0.717, 1.165) is 15.7 Å². The van der Waals surface area contributed by atoms with Crippen LogP contribution in [-0.4, -0.2) is 22.4 Å². The molecule has 1 aromatic heterocycles. The number of halogens is 2. The molecular weight excluding hydrogens is 461 g/mol. The molecule has 0 bridgehead atoms. The monoisotopic (exact) mass is 483 g/mol. The number of rotatable bonds is 3. The highest BCUT2D eigenvalue weighted by Gasteiger charge is 2.45. The fourth-order valence-electron chi connectivity index (χ4n) is 4.47. The van der Waals surface area contributed by atoms with Gasteiger partial charge in [0.2, 0.25) is 5.91 Å². The van der Waals surface area contributed by atoms with E-state index in [4.69, 9.17) is 4.99 Å². The topological polar surface area (TPSA) is 71.4 Å². The van der Waals surface area contributed by atoms with Crippen molar-refractivity contribution in [2.75, 3.05) is 5.32 Å². The van der Waals surface area contributed by atoms with Gasteiger partial charge in [0.15, 0.2) is 5.78 Å². The Morgan fingerprint density at radius 2 is 1.87 bits per heavy atom. The Balaban J connectivity index is 1.78. The summed E-state index contributed by atoms with van der Waals surface area (Å²) in [5, 5.41) is 2.85. The lowest BCUT2D eigenvalue weighted by Crippen LogP contribution is -2.41. The quantitative estimate of drug-likeness (QED) is 0.631. The standard InChI is InChI=1S/C24H23BrFN3O2/c1-13-20(23(31)29-19-9-6-15(25)12-27-19)21(14-4-7-16(26)8-5-14)22-17(28-13)10-24(2,3)11-18(22)30/h4-9,12,20-21H,10-11H2,1-3H3,(H,27,29,31)/t20?,21-/m1/s1. The number of carbonyl (C=O) groups excluding carboxylic acids is 2. The number of benzene rings is 1. The van der Waals surface area contributed by atoms with Crippen LogP contribution in [0.15, 0.2) is 63.3 Å². The second kappa shape index (κ2) is 8.11. The van der Waals surface area contributed by atoms with Crippen LogP contribution in [0.2, 0.25) is 0 Å². The van der Waals surface area contributed by atoms with Gasteiger partial charge in [-0.15, -0.1) is 0 Å². The Hall–Kier alpha value is -2.67. The Morgan fingerprint density at radius 3 is 2.52 bits per heavy atom. The zero-order valence-electron chi connectivity index (χ0n) is 17.6. The molecule has 0 saturated heterocycles. The molecule has 1 aliphatic heterocycles. The van der Waals surface area contributed by atoms with E-state index in [9.17, 15) is 14.0 Å². The average Bonchev–Trinajstić information content (AvgIpc) is 2.68. The number of nitrogens with zero attached hydrogens (tertiary/aromatic N) is 2. The maximum Gasteiger partial charge on any atom is 0.235 e. The number of Topliss-reactive ketones (excluding diaryl/α,β-unsaturated/α-hetero) is 1. The highest BCUT2D eigenvalue weighted by molar-refractivity contribution is 9.10. The van der Waals surface area contributed by atoms with Gasteiger partial charge >= 0.3 is 0 Å². The molecular formula is C24H23BrFN3O2. The molecule has 1 unspecified atom stereocenters.